The Labute approximate surface area is 219 Å². The molecule has 0 aromatic heterocycles. The topological polar surface area (TPSA) is 159 Å². The molecule has 0 saturated carbocycles. The summed E-state index contributed by atoms with van der Waals surface area (Å²) in [6.45, 7) is 12.9. The van der Waals surface area contributed by atoms with Crippen LogP contribution in [0.3, 0.4) is 0 Å². The van der Waals surface area contributed by atoms with Crippen molar-refractivity contribution in [2.75, 3.05) is 0 Å². The second kappa shape index (κ2) is 13.5. The molecule has 0 aliphatic heterocycles. The Morgan fingerprint density at radius 1 is 1.05 bits per heavy atom. The summed E-state index contributed by atoms with van der Waals surface area (Å²) >= 11 is 0. The molecule has 0 saturated heterocycles. The predicted molar refractivity (Wildman–Crippen MR) is 140 cm³/mol. The number of nitrogens with zero attached hydrogens (tertiary/aromatic N) is 1. The van der Waals surface area contributed by atoms with E-state index in [4.69, 9.17) is 10.5 Å². The van der Waals surface area contributed by atoms with Crippen molar-refractivity contribution in [2.24, 2.45) is 17.6 Å². The number of nitrogens with one attached hydrogen (secondary N) is 1. The van der Waals surface area contributed by atoms with E-state index in [0.29, 0.717) is 4.90 Å². The molecule has 3 amide bonds. The molecule has 1 aromatic rings. The van der Waals surface area contributed by atoms with Crippen molar-refractivity contribution >= 4 is 23.9 Å². The second-order valence-corrected chi connectivity index (χ2v) is 11.1. The number of amides is 3. The number of rotatable bonds is 9. The molecule has 1 aliphatic rings. The minimum Gasteiger partial charge on any atom is -0.480 e. The van der Waals surface area contributed by atoms with Gasteiger partial charge in [0.05, 0.1) is 6.10 Å². The van der Waals surface area contributed by atoms with Gasteiger partial charge in [-0.3, -0.25) is 9.59 Å². The molecule has 1 aromatic carbocycles. The minimum absolute atomic E-state index is 0.00622. The Morgan fingerprint density at radius 2 is 1.57 bits per heavy atom. The van der Waals surface area contributed by atoms with Gasteiger partial charge in [-0.05, 0) is 63.5 Å². The van der Waals surface area contributed by atoms with Crippen LogP contribution in [0.5, 0.6) is 0 Å². The molecular weight excluding hydrogens is 478 g/mol. The van der Waals surface area contributed by atoms with Crippen LogP contribution >= 0.6 is 0 Å². The lowest BCUT2D eigenvalue weighted by Crippen LogP contribution is -2.60. The van der Waals surface area contributed by atoms with Crippen LogP contribution in [0.25, 0.3) is 0 Å². The van der Waals surface area contributed by atoms with Crippen LogP contribution < -0.4 is 11.1 Å². The van der Waals surface area contributed by atoms with E-state index in [0.717, 1.165) is 0 Å². The van der Waals surface area contributed by atoms with E-state index in [1.165, 1.54) is 24.5 Å². The van der Waals surface area contributed by atoms with Gasteiger partial charge < -0.3 is 26.0 Å². The molecule has 0 fully saturated rings. The summed E-state index contributed by atoms with van der Waals surface area (Å²) in [6, 6.07) is 4.52. The Hall–Kier alpha value is -2.98. The van der Waals surface area contributed by atoms with Gasteiger partial charge in [0.1, 0.15) is 23.7 Å². The van der Waals surface area contributed by atoms with E-state index in [-0.39, 0.29) is 12.3 Å². The number of carboxylic acids is 1. The Morgan fingerprint density at radius 3 is 1.92 bits per heavy atom. The molecule has 0 radical (unpaired) electrons. The first-order valence-corrected chi connectivity index (χ1v) is 12.6. The average Bonchev–Trinajstić information content (AvgIpc) is 3.54. The monoisotopic (exact) mass is 521 g/mol. The smallest absolute Gasteiger partial charge is 0.417 e. The largest absolute Gasteiger partial charge is 0.480 e. The normalized spacial score (nSPS) is 15.4. The average molecular weight is 522 g/mol. The number of hydrogen-bond acceptors (Lipinski definition) is 7. The van der Waals surface area contributed by atoms with Crippen molar-refractivity contribution < 1.29 is 34.1 Å². The third-order valence-corrected chi connectivity index (χ3v) is 5.55. The first kappa shape index (κ1) is 32.0. The third-order valence-electron chi connectivity index (χ3n) is 5.55. The van der Waals surface area contributed by atoms with Crippen LogP contribution in [-0.2, 0) is 25.5 Å². The molecule has 10 nitrogen and oxygen atoms in total. The van der Waals surface area contributed by atoms with Crippen LogP contribution in [0.1, 0.15) is 72.9 Å². The zero-order valence-electron chi connectivity index (χ0n) is 23.1. The molecule has 0 spiro atoms. The standard InChI is InChI=1S/C20H37N3O7.C7H6/c1-10(2)9-13(18(27)28)23(19(29)30-20(6,7)8)17(26)15(11(3)4)22-16(25)14(21)12(5)24;1-2-4-7-5-6(7)3-1/h10-15,24H,9,21H2,1-8H3,(H,22,25)(H,27,28);1-4H,5H2. The Bertz CT molecular complexity index is 933. The Kier molecular flexibility index (Phi) is 11.7. The fourth-order valence-corrected chi connectivity index (χ4v) is 3.41. The highest BCUT2D eigenvalue weighted by Gasteiger charge is 2.42. The van der Waals surface area contributed by atoms with Gasteiger partial charge in [0, 0.05) is 0 Å². The van der Waals surface area contributed by atoms with Crippen molar-refractivity contribution in [1.82, 2.24) is 10.2 Å². The quantitative estimate of drug-likeness (QED) is 0.392. The van der Waals surface area contributed by atoms with Gasteiger partial charge in [-0.2, -0.15) is 0 Å². The van der Waals surface area contributed by atoms with E-state index in [1.54, 1.807) is 48.5 Å². The number of aliphatic hydroxyl groups is 1. The molecule has 0 bridgehead atoms. The summed E-state index contributed by atoms with van der Waals surface area (Å²) in [7, 11) is 0. The summed E-state index contributed by atoms with van der Waals surface area (Å²) in [5.41, 5.74) is 7.72. The van der Waals surface area contributed by atoms with Crippen molar-refractivity contribution in [3.8, 4) is 0 Å². The fourth-order valence-electron chi connectivity index (χ4n) is 3.41. The number of fused-ring (bicyclic) bond motifs is 1. The zero-order valence-corrected chi connectivity index (χ0v) is 23.1. The molecule has 5 N–H and O–H groups in total. The Balaban J connectivity index is 0.000000816. The summed E-state index contributed by atoms with van der Waals surface area (Å²) in [5.74, 6) is -3.71. The lowest BCUT2D eigenvalue weighted by Gasteiger charge is -2.34. The van der Waals surface area contributed by atoms with Crippen LogP contribution in [0.2, 0.25) is 0 Å². The van der Waals surface area contributed by atoms with E-state index in [1.807, 2.05) is 0 Å². The molecule has 4 unspecified atom stereocenters. The number of nitrogens with two attached hydrogens (primary N) is 1. The van der Waals surface area contributed by atoms with Crippen LogP contribution in [0, 0.1) is 11.8 Å². The zero-order chi connectivity index (χ0) is 28.7. The lowest BCUT2D eigenvalue weighted by atomic mass is 9.98. The van der Waals surface area contributed by atoms with Gasteiger partial charge in [0.2, 0.25) is 5.91 Å². The summed E-state index contributed by atoms with van der Waals surface area (Å²) in [6.07, 6.45) is -1.03. The SMILES string of the molecule is CC(C)CC(C(=O)O)N(C(=O)OC(C)(C)C)C(=O)C(NC(=O)C(N)C(C)O)C(C)C.c1ccc2c(c1)C2. The predicted octanol–water partition coefficient (Wildman–Crippen LogP) is 2.69. The highest BCUT2D eigenvalue weighted by Crippen LogP contribution is 2.25. The van der Waals surface area contributed by atoms with Crippen LogP contribution in [-0.4, -0.2) is 68.8 Å². The number of carbonyl (C=O) groups excluding carboxylic acids is 3. The number of ether oxygens (including phenoxy) is 1. The van der Waals surface area contributed by atoms with Gasteiger partial charge in [0.25, 0.3) is 5.91 Å². The van der Waals surface area contributed by atoms with Crippen molar-refractivity contribution in [2.45, 2.75) is 98.1 Å². The van der Waals surface area contributed by atoms with Gasteiger partial charge in [-0.1, -0.05) is 52.0 Å². The number of carbonyl (C=O) groups is 4. The van der Waals surface area contributed by atoms with Gasteiger partial charge in [-0.25, -0.2) is 14.5 Å². The number of carboxylic acid groups (broad SMARTS) is 1. The molecule has 0 heterocycles. The highest BCUT2D eigenvalue weighted by atomic mass is 16.6. The number of benzene rings is 1. The lowest BCUT2D eigenvalue weighted by molar-refractivity contribution is -0.152. The maximum atomic E-state index is 13.3. The maximum absolute atomic E-state index is 13.3. The molecule has 37 heavy (non-hydrogen) atoms. The highest BCUT2D eigenvalue weighted by molar-refractivity contribution is 6.00. The van der Waals surface area contributed by atoms with E-state index >= 15 is 0 Å². The van der Waals surface area contributed by atoms with Gasteiger partial charge in [-0.15, -0.1) is 0 Å². The van der Waals surface area contributed by atoms with Gasteiger partial charge in [0.15, 0.2) is 0 Å². The van der Waals surface area contributed by atoms with Gasteiger partial charge >= 0.3 is 12.1 Å². The minimum atomic E-state index is -1.48. The van der Waals surface area contributed by atoms with Crippen LogP contribution in [0.4, 0.5) is 4.79 Å². The number of aliphatic hydroxyl groups excluding tert-OH is 1. The van der Waals surface area contributed by atoms with E-state index < -0.39 is 59.6 Å². The fraction of sp³-hybridized carbons (Fsp3) is 0.630. The van der Waals surface area contributed by atoms with E-state index in [9.17, 15) is 29.4 Å². The maximum Gasteiger partial charge on any atom is 0.417 e. The molecule has 208 valence electrons. The van der Waals surface area contributed by atoms with Crippen LogP contribution in [0.15, 0.2) is 24.3 Å². The number of hydrogen-bond donors (Lipinski definition) is 4. The molecule has 10 heteroatoms. The summed E-state index contributed by atoms with van der Waals surface area (Å²) in [5, 5.41) is 21.7. The third kappa shape index (κ3) is 10.5. The molecular formula is C27H43N3O7. The van der Waals surface area contributed by atoms with E-state index in [2.05, 4.69) is 29.6 Å². The summed E-state index contributed by atoms with van der Waals surface area (Å²) in [4.78, 5) is 50.9. The van der Waals surface area contributed by atoms with Crippen molar-refractivity contribution in [3.05, 3.63) is 35.4 Å². The molecule has 2 rings (SSSR count). The number of aliphatic carboxylic acids is 1. The first-order valence-electron chi connectivity index (χ1n) is 12.6. The first-order chi connectivity index (χ1) is 17.0. The number of imide groups is 1. The van der Waals surface area contributed by atoms with Crippen molar-refractivity contribution in [3.63, 3.8) is 0 Å². The van der Waals surface area contributed by atoms with Crippen molar-refractivity contribution in [1.29, 1.82) is 0 Å². The summed E-state index contributed by atoms with van der Waals surface area (Å²) < 4.78 is 5.28. The second-order valence-electron chi connectivity index (χ2n) is 11.1. The molecule has 1 aliphatic carbocycles. The molecule has 4 atom stereocenters.